The van der Waals surface area contributed by atoms with Gasteiger partial charge in [-0.25, -0.2) is 9.13 Å². The predicted molar refractivity (Wildman–Crippen MR) is 28.5 cm³/mol. The molecule has 8 nitrogen and oxygen atoms in total. The Morgan fingerprint density at radius 1 is 0.667 bits per heavy atom. The van der Waals surface area contributed by atoms with Crippen LogP contribution >= 0.6 is 15.6 Å². The van der Waals surface area contributed by atoms with Crippen LogP contribution in [0.1, 0.15) is 0 Å². The van der Waals surface area contributed by atoms with Crippen LogP contribution in [0.25, 0.3) is 0 Å². The first-order valence-electron chi connectivity index (χ1n) is 1.57. The predicted octanol–water partition coefficient (Wildman–Crippen LogP) is -7.85. The largest absolute Gasteiger partial charge is 1.00 e. The first-order chi connectivity index (χ1) is 4.00. The Kier molecular flexibility index (Phi) is 17.7. The first kappa shape index (κ1) is 23.4. The van der Waals surface area contributed by atoms with E-state index in [0.29, 0.717) is 0 Å². The molecule has 6 N–H and O–H groups in total. The molecule has 0 rings (SSSR count). The molecule has 0 aromatic heterocycles. The van der Waals surface area contributed by atoms with Crippen molar-refractivity contribution in [2.75, 3.05) is 0 Å². The average Bonchev–Trinajstić information content (AvgIpc) is 1.12. The molecule has 0 aromatic carbocycles. The van der Waals surface area contributed by atoms with Crippen molar-refractivity contribution in [3.05, 3.63) is 0 Å². The normalized spacial score (nSPS) is 9.83. The van der Waals surface area contributed by atoms with Gasteiger partial charge in [-0.3, -0.25) is 0 Å². The fourth-order valence-electron chi connectivity index (χ4n) is 0. The number of rotatable bonds is 0. The fourth-order valence-corrected chi connectivity index (χ4v) is 0. The minimum Gasteiger partial charge on any atom is -1.00 e. The Balaban J connectivity index is -0.0000000457. The van der Waals surface area contributed by atoms with Crippen molar-refractivity contribution in [1.29, 1.82) is 0 Å². The molecule has 12 heteroatoms. The number of hydrogen-bond donors (Lipinski definition) is 6. The molecule has 0 aromatic rings. The molecule has 0 unspecified atom stereocenters. The fraction of sp³-hybridized carbons (Fsp3) is 0. The molecule has 0 aliphatic rings. The third-order valence-corrected chi connectivity index (χ3v) is 0. The molecule has 0 radical (unpaired) electrons. The summed E-state index contributed by atoms with van der Waals surface area (Å²) in [4.78, 5) is 43.1. The van der Waals surface area contributed by atoms with Gasteiger partial charge in [0, 0.05) is 0 Å². The quantitative estimate of drug-likeness (QED) is 0.184. The molecule has 0 aliphatic carbocycles. The second-order valence-corrected chi connectivity index (χ2v) is 3.08. The zero-order valence-electron chi connectivity index (χ0n) is 5.77. The van der Waals surface area contributed by atoms with Gasteiger partial charge in [0.25, 0.3) is 0 Å². The number of halogens is 1. The Hall–Kier alpha value is 1.51. The van der Waals surface area contributed by atoms with Crippen LogP contribution in [0.2, 0.25) is 0 Å². The molecule has 72 valence electrons. The van der Waals surface area contributed by atoms with Gasteiger partial charge in [0.2, 0.25) is 0 Å². The van der Waals surface area contributed by atoms with Gasteiger partial charge in [0.05, 0.1) is 0 Å². The first-order valence-corrected chi connectivity index (χ1v) is 4.70. The van der Waals surface area contributed by atoms with Crippen LogP contribution in [0, 0.1) is 0 Å². The van der Waals surface area contributed by atoms with Crippen molar-refractivity contribution < 1.29 is 80.5 Å². The zero-order chi connectivity index (χ0) is 9.00. The van der Waals surface area contributed by atoms with Gasteiger partial charge < -0.3 is 41.8 Å². The third-order valence-electron chi connectivity index (χ3n) is 0. The Bertz CT molecular complexity index is 129. The third kappa shape index (κ3) is 558. The zero-order valence-corrected chi connectivity index (χ0v) is 10.3. The van der Waals surface area contributed by atoms with Crippen molar-refractivity contribution >= 4 is 15.6 Å². The van der Waals surface area contributed by atoms with E-state index in [1.165, 1.54) is 0 Å². The summed E-state index contributed by atoms with van der Waals surface area (Å²) in [5.41, 5.74) is 0. The molecule has 0 saturated carbocycles. The molecule has 0 bridgehead atoms. The van der Waals surface area contributed by atoms with E-state index in [4.69, 9.17) is 38.5 Å². The molecule has 0 spiro atoms. The summed E-state index contributed by atoms with van der Waals surface area (Å²) in [6.07, 6.45) is 0. The Labute approximate surface area is 95.8 Å². The molecule has 12 heavy (non-hydrogen) atoms. The van der Waals surface area contributed by atoms with Crippen molar-refractivity contribution in [1.82, 2.24) is 0 Å². The second kappa shape index (κ2) is 9.08. The summed E-state index contributed by atoms with van der Waals surface area (Å²) in [5.74, 6) is 0. The van der Waals surface area contributed by atoms with E-state index in [0.717, 1.165) is 0 Å². The average molecular weight is 254 g/mol. The number of phosphoric acid groups is 2. The summed E-state index contributed by atoms with van der Waals surface area (Å²) >= 11 is 0. The van der Waals surface area contributed by atoms with E-state index in [1.54, 1.807) is 0 Å². The molecule has 0 fully saturated rings. The minimum absolute atomic E-state index is 0. The second-order valence-electron chi connectivity index (χ2n) is 1.03. The summed E-state index contributed by atoms with van der Waals surface area (Å²) in [7, 11) is -9.28. The summed E-state index contributed by atoms with van der Waals surface area (Å²) in [5, 5.41) is 0. The van der Waals surface area contributed by atoms with Crippen LogP contribution in [0.4, 0.5) is 0 Å². The van der Waals surface area contributed by atoms with E-state index < -0.39 is 15.6 Å². The van der Waals surface area contributed by atoms with Crippen molar-refractivity contribution in [2.24, 2.45) is 0 Å². The van der Waals surface area contributed by atoms with Gasteiger partial charge in [-0.15, -0.1) is 0 Å². The number of hydrogen-bond acceptors (Lipinski definition) is 2. The van der Waals surface area contributed by atoms with Crippen LogP contribution in [0.5, 0.6) is 0 Å². The van der Waals surface area contributed by atoms with Gasteiger partial charge in [0.15, 0.2) is 0 Å². The maximum atomic E-state index is 8.88. The van der Waals surface area contributed by atoms with Crippen molar-refractivity contribution in [3.63, 3.8) is 0 Å². The molecule has 0 saturated heterocycles. The molecule has 0 atom stereocenters. The molecule has 0 amide bonds. The van der Waals surface area contributed by atoms with Crippen molar-refractivity contribution in [3.8, 4) is 0 Å². The SMILES string of the molecule is O=P(O)(O)O.O=P(O)(O)O.[Cl-].[Na+]. The maximum Gasteiger partial charge on any atom is 1.00 e. The van der Waals surface area contributed by atoms with Gasteiger partial charge in [-0.2, -0.15) is 0 Å². The summed E-state index contributed by atoms with van der Waals surface area (Å²) < 4.78 is 17.8. The smallest absolute Gasteiger partial charge is 1.00 e. The van der Waals surface area contributed by atoms with E-state index in [1.807, 2.05) is 0 Å². The van der Waals surface area contributed by atoms with Crippen LogP contribution in [-0.4, -0.2) is 29.4 Å². The molecular formula is H6ClNaO8P2. The van der Waals surface area contributed by atoms with Gasteiger partial charge in [-0.05, 0) is 0 Å². The van der Waals surface area contributed by atoms with Gasteiger partial charge >= 0.3 is 45.2 Å². The van der Waals surface area contributed by atoms with Crippen LogP contribution < -0.4 is 42.0 Å². The Morgan fingerprint density at radius 3 is 0.667 bits per heavy atom. The molecule has 0 heterocycles. The van der Waals surface area contributed by atoms with Gasteiger partial charge in [-0.1, -0.05) is 0 Å². The van der Waals surface area contributed by atoms with E-state index in [2.05, 4.69) is 0 Å². The standard InChI is InChI=1S/ClH.Na.2H3O4P/c;;2*1-5(2,3)4/h1H;;2*(H3,1,2,3,4)/q;+1;;/p-1. The van der Waals surface area contributed by atoms with E-state index >= 15 is 0 Å². The maximum absolute atomic E-state index is 8.88. The van der Waals surface area contributed by atoms with Crippen LogP contribution in [0.15, 0.2) is 0 Å². The van der Waals surface area contributed by atoms with Crippen LogP contribution in [0.3, 0.4) is 0 Å². The molecular weight excluding hydrogens is 248 g/mol. The minimum atomic E-state index is -4.64. The van der Waals surface area contributed by atoms with Crippen LogP contribution in [-0.2, 0) is 9.13 Å². The molecule has 0 aliphatic heterocycles. The van der Waals surface area contributed by atoms with E-state index in [-0.39, 0.29) is 42.0 Å². The van der Waals surface area contributed by atoms with Gasteiger partial charge in [0.1, 0.15) is 0 Å². The summed E-state index contributed by atoms with van der Waals surface area (Å²) in [6.45, 7) is 0. The summed E-state index contributed by atoms with van der Waals surface area (Å²) in [6, 6.07) is 0. The van der Waals surface area contributed by atoms with Crippen molar-refractivity contribution in [2.45, 2.75) is 0 Å². The Morgan fingerprint density at radius 2 is 0.667 bits per heavy atom. The monoisotopic (exact) mass is 254 g/mol. The van der Waals surface area contributed by atoms with E-state index in [9.17, 15) is 0 Å². The topological polar surface area (TPSA) is 156 Å².